The Kier molecular flexibility index (Phi) is 8.45. The molecule has 150 valence electrons. The van der Waals surface area contributed by atoms with E-state index in [2.05, 4.69) is 37.7 Å². The first-order valence-corrected chi connectivity index (χ1v) is 10.1. The van der Waals surface area contributed by atoms with Gasteiger partial charge in [0.25, 0.3) is 0 Å². The molecule has 1 aromatic rings. The molecule has 0 radical (unpaired) electrons. The van der Waals surface area contributed by atoms with Gasteiger partial charge in [0.1, 0.15) is 0 Å². The van der Waals surface area contributed by atoms with Gasteiger partial charge in [0.2, 0.25) is 5.91 Å². The van der Waals surface area contributed by atoms with E-state index in [1.54, 1.807) is 0 Å². The zero-order chi connectivity index (χ0) is 19.8. The molecule has 2 rings (SSSR count). The van der Waals surface area contributed by atoms with Crippen LogP contribution in [-0.2, 0) is 4.79 Å². The van der Waals surface area contributed by atoms with Crippen LogP contribution in [0.4, 0.5) is 0 Å². The number of hydrogen-bond donors (Lipinski definition) is 0. The summed E-state index contributed by atoms with van der Waals surface area (Å²) >= 11 is 0. The molecule has 0 N–H and O–H groups in total. The zero-order valence-corrected chi connectivity index (χ0v) is 17.4. The number of nitrogens with zero attached hydrogens (tertiary/aromatic N) is 3. The van der Waals surface area contributed by atoms with Gasteiger partial charge in [-0.2, -0.15) is 0 Å². The fraction of sp³-hybridized carbons (Fsp3) is 0.636. The second kappa shape index (κ2) is 10.6. The average Bonchev–Trinajstić information content (AvgIpc) is 2.64. The van der Waals surface area contributed by atoms with E-state index in [1.807, 2.05) is 35.2 Å². The van der Waals surface area contributed by atoms with Crippen LogP contribution in [-0.4, -0.2) is 78.7 Å². The Morgan fingerprint density at radius 2 is 1.63 bits per heavy atom. The Balaban J connectivity index is 1.75. The van der Waals surface area contributed by atoms with E-state index in [0.717, 1.165) is 38.2 Å². The lowest BCUT2D eigenvalue weighted by Crippen LogP contribution is -2.58. The van der Waals surface area contributed by atoms with E-state index < -0.39 is 0 Å². The van der Waals surface area contributed by atoms with Gasteiger partial charge in [0.15, 0.2) is 5.78 Å². The first-order valence-electron chi connectivity index (χ1n) is 10.1. The summed E-state index contributed by atoms with van der Waals surface area (Å²) in [5.74, 6) is 0.304. The third kappa shape index (κ3) is 6.74. The largest absolute Gasteiger partial charge is 0.340 e. The van der Waals surface area contributed by atoms with Gasteiger partial charge in [-0.05, 0) is 47.3 Å². The second-order valence-electron chi connectivity index (χ2n) is 8.03. The van der Waals surface area contributed by atoms with Crippen molar-refractivity contribution in [3.63, 3.8) is 0 Å². The van der Waals surface area contributed by atoms with Crippen LogP contribution >= 0.6 is 0 Å². The third-order valence-electron chi connectivity index (χ3n) is 5.37. The Bertz CT molecular complexity index is 591. The van der Waals surface area contributed by atoms with Crippen molar-refractivity contribution < 1.29 is 9.59 Å². The van der Waals surface area contributed by atoms with Crippen LogP contribution in [0.25, 0.3) is 0 Å². The molecular formula is C22H35N3O2. The fourth-order valence-corrected chi connectivity index (χ4v) is 3.90. The lowest BCUT2D eigenvalue weighted by atomic mass is 10.0. The van der Waals surface area contributed by atoms with Crippen molar-refractivity contribution in [1.29, 1.82) is 0 Å². The van der Waals surface area contributed by atoms with Crippen LogP contribution in [0.2, 0.25) is 0 Å². The van der Waals surface area contributed by atoms with Gasteiger partial charge in [0.05, 0.1) is 0 Å². The van der Waals surface area contributed by atoms with Crippen LogP contribution in [0, 0.1) is 0 Å². The maximum absolute atomic E-state index is 12.6. The normalized spacial score (nSPS) is 20.9. The molecular weight excluding hydrogens is 338 g/mol. The van der Waals surface area contributed by atoms with Gasteiger partial charge in [-0.1, -0.05) is 30.3 Å². The molecule has 0 bridgehead atoms. The molecule has 1 aromatic carbocycles. The quantitative estimate of drug-likeness (QED) is 0.624. The minimum Gasteiger partial charge on any atom is -0.340 e. The van der Waals surface area contributed by atoms with Gasteiger partial charge in [-0.3, -0.25) is 14.5 Å². The highest BCUT2D eigenvalue weighted by molar-refractivity contribution is 5.96. The molecule has 2 atom stereocenters. The smallest absolute Gasteiger partial charge is 0.222 e. The van der Waals surface area contributed by atoms with Crippen LogP contribution in [0.5, 0.6) is 0 Å². The molecule has 1 saturated heterocycles. The van der Waals surface area contributed by atoms with Crippen molar-refractivity contribution in [3.05, 3.63) is 35.9 Å². The predicted octanol–water partition coefficient (Wildman–Crippen LogP) is 2.91. The number of Topliss-reactive ketones (excluding diaryl/α,β-unsaturated/α-hetero) is 1. The number of ketones is 1. The summed E-state index contributed by atoms with van der Waals surface area (Å²) in [6, 6.07) is 10.1. The maximum Gasteiger partial charge on any atom is 0.222 e. The highest BCUT2D eigenvalue weighted by Crippen LogP contribution is 2.18. The molecule has 5 nitrogen and oxygen atoms in total. The van der Waals surface area contributed by atoms with Gasteiger partial charge >= 0.3 is 0 Å². The SMILES string of the molecule is CC1CN(C(=O)CCCC(=O)c2ccccc2)CC(C)N1CCCN(C)C. The molecule has 1 aliphatic rings. The number of rotatable bonds is 9. The lowest BCUT2D eigenvalue weighted by Gasteiger charge is -2.44. The molecule has 1 amide bonds. The van der Waals surface area contributed by atoms with E-state index in [9.17, 15) is 9.59 Å². The number of amides is 1. The molecule has 1 fully saturated rings. The molecule has 1 aliphatic heterocycles. The first kappa shape index (κ1) is 21.6. The number of benzene rings is 1. The summed E-state index contributed by atoms with van der Waals surface area (Å²) in [6.45, 7) is 8.17. The Morgan fingerprint density at radius 1 is 1.00 bits per heavy atom. The minimum atomic E-state index is 0.121. The van der Waals surface area contributed by atoms with E-state index >= 15 is 0 Å². The molecule has 1 heterocycles. The molecule has 27 heavy (non-hydrogen) atoms. The summed E-state index contributed by atoms with van der Waals surface area (Å²) in [4.78, 5) is 31.5. The summed E-state index contributed by atoms with van der Waals surface area (Å²) in [6.07, 6.45) is 2.67. The number of carbonyl (C=O) groups is 2. The maximum atomic E-state index is 12.6. The van der Waals surface area contributed by atoms with Gasteiger partial charge in [-0.15, -0.1) is 0 Å². The number of carbonyl (C=O) groups excluding carboxylic acids is 2. The van der Waals surface area contributed by atoms with E-state index in [4.69, 9.17) is 0 Å². The van der Waals surface area contributed by atoms with Crippen LogP contribution in [0.15, 0.2) is 30.3 Å². The van der Waals surface area contributed by atoms with Crippen LogP contribution in [0.1, 0.15) is 49.9 Å². The highest BCUT2D eigenvalue weighted by Gasteiger charge is 2.31. The molecule has 5 heteroatoms. The van der Waals surface area contributed by atoms with Crippen molar-refractivity contribution in [1.82, 2.24) is 14.7 Å². The Labute approximate surface area is 164 Å². The van der Waals surface area contributed by atoms with E-state index in [0.29, 0.717) is 31.3 Å². The predicted molar refractivity (Wildman–Crippen MR) is 110 cm³/mol. The van der Waals surface area contributed by atoms with Crippen molar-refractivity contribution >= 4 is 11.7 Å². The van der Waals surface area contributed by atoms with Crippen LogP contribution in [0.3, 0.4) is 0 Å². The van der Waals surface area contributed by atoms with Crippen molar-refractivity contribution in [2.75, 3.05) is 40.3 Å². The van der Waals surface area contributed by atoms with Gasteiger partial charge < -0.3 is 9.80 Å². The minimum absolute atomic E-state index is 0.121. The Hall–Kier alpha value is -1.72. The standard InChI is InChI=1S/C22H35N3O2/c1-18-16-24(17-19(2)25(18)15-9-14-23(3)4)22(27)13-8-12-21(26)20-10-6-5-7-11-20/h5-7,10-11,18-19H,8-9,12-17H2,1-4H3. The molecule has 0 aliphatic carbocycles. The van der Waals surface area contributed by atoms with Crippen molar-refractivity contribution in [3.8, 4) is 0 Å². The van der Waals surface area contributed by atoms with Crippen molar-refractivity contribution in [2.24, 2.45) is 0 Å². The average molecular weight is 374 g/mol. The topological polar surface area (TPSA) is 43.9 Å². The monoisotopic (exact) mass is 373 g/mol. The lowest BCUT2D eigenvalue weighted by molar-refractivity contribution is -0.135. The number of hydrogen-bond acceptors (Lipinski definition) is 4. The Morgan fingerprint density at radius 3 is 2.22 bits per heavy atom. The summed E-state index contributed by atoms with van der Waals surface area (Å²) in [7, 11) is 4.21. The first-order chi connectivity index (χ1) is 12.9. The highest BCUT2D eigenvalue weighted by atomic mass is 16.2. The molecule has 2 unspecified atom stereocenters. The molecule has 0 saturated carbocycles. The number of piperazine rings is 1. The van der Waals surface area contributed by atoms with E-state index in [1.165, 1.54) is 0 Å². The van der Waals surface area contributed by atoms with Crippen molar-refractivity contribution in [2.45, 2.75) is 51.6 Å². The molecule has 0 aromatic heterocycles. The summed E-state index contributed by atoms with van der Waals surface area (Å²) < 4.78 is 0. The second-order valence-corrected chi connectivity index (χ2v) is 8.03. The summed E-state index contributed by atoms with van der Waals surface area (Å²) in [5, 5.41) is 0. The fourth-order valence-electron chi connectivity index (χ4n) is 3.90. The summed E-state index contributed by atoms with van der Waals surface area (Å²) in [5.41, 5.74) is 0.735. The third-order valence-corrected chi connectivity index (χ3v) is 5.37. The zero-order valence-electron chi connectivity index (χ0n) is 17.4. The van der Waals surface area contributed by atoms with E-state index in [-0.39, 0.29) is 11.7 Å². The van der Waals surface area contributed by atoms with Gasteiger partial charge in [-0.25, -0.2) is 0 Å². The molecule has 0 spiro atoms. The van der Waals surface area contributed by atoms with Gasteiger partial charge in [0, 0.05) is 50.1 Å². The van der Waals surface area contributed by atoms with Crippen LogP contribution < -0.4 is 0 Å².